The number of hydrogen-bond acceptors (Lipinski definition) is 9. The number of thiazole rings is 1. The molecular weight excluding hydrogens is 476 g/mol. The summed E-state index contributed by atoms with van der Waals surface area (Å²) in [4.78, 5) is 40.5. The van der Waals surface area contributed by atoms with E-state index in [0.29, 0.717) is 39.4 Å². The van der Waals surface area contributed by atoms with E-state index in [1.54, 1.807) is 43.5 Å². The van der Waals surface area contributed by atoms with Gasteiger partial charge in [0.2, 0.25) is 18.4 Å². The van der Waals surface area contributed by atoms with E-state index in [0.717, 1.165) is 16.9 Å². The van der Waals surface area contributed by atoms with E-state index in [1.807, 2.05) is 0 Å². The number of rotatable bonds is 6. The summed E-state index contributed by atoms with van der Waals surface area (Å²) in [5.41, 5.74) is 1.29. The highest BCUT2D eigenvalue weighted by molar-refractivity contribution is 7.10. The van der Waals surface area contributed by atoms with Crippen molar-refractivity contribution in [1.82, 2.24) is 4.57 Å². The highest BCUT2D eigenvalue weighted by Gasteiger charge is 2.39. The van der Waals surface area contributed by atoms with Crippen molar-refractivity contribution in [3.8, 4) is 23.0 Å². The normalized spacial score (nSPS) is 16.1. The third-order valence-corrected chi connectivity index (χ3v) is 7.06. The van der Waals surface area contributed by atoms with Gasteiger partial charge in [-0.05, 0) is 42.0 Å². The fraction of sp³-hybridized carbons (Fsp3) is 0.292. The molecule has 2 aliphatic heterocycles. The molecule has 11 heteroatoms. The number of benzene rings is 2. The lowest BCUT2D eigenvalue weighted by molar-refractivity contribution is -0.141. The molecule has 2 aliphatic rings. The van der Waals surface area contributed by atoms with Gasteiger partial charge in [-0.15, -0.1) is 0 Å². The molecule has 0 saturated carbocycles. The van der Waals surface area contributed by atoms with E-state index >= 15 is 0 Å². The van der Waals surface area contributed by atoms with Crippen LogP contribution >= 0.6 is 11.3 Å². The second-order valence-corrected chi connectivity index (χ2v) is 8.85. The quantitative estimate of drug-likeness (QED) is 0.478. The lowest BCUT2D eigenvalue weighted by atomic mass is 9.90. The van der Waals surface area contributed by atoms with E-state index in [2.05, 4.69) is 0 Å². The molecule has 0 radical (unpaired) electrons. The third-order valence-electron chi connectivity index (χ3n) is 5.98. The first kappa shape index (κ1) is 22.8. The minimum atomic E-state index is -0.596. The molecule has 0 saturated heterocycles. The number of carbonyl (C=O) groups excluding carboxylic acids is 2. The van der Waals surface area contributed by atoms with E-state index in [-0.39, 0.29) is 30.5 Å². The summed E-state index contributed by atoms with van der Waals surface area (Å²) in [6.45, 7) is -0.254. The van der Waals surface area contributed by atoms with Crippen LogP contribution in [0.25, 0.3) is 0 Å². The molecule has 0 N–H and O–H groups in total. The maximum Gasteiger partial charge on any atom is 0.325 e. The lowest BCUT2D eigenvalue weighted by Crippen LogP contribution is -2.36. The average molecular weight is 499 g/mol. The number of hydrogen-bond donors (Lipinski definition) is 0. The van der Waals surface area contributed by atoms with Gasteiger partial charge in [-0.1, -0.05) is 11.3 Å². The lowest BCUT2D eigenvalue weighted by Gasteiger charge is -2.32. The Hall–Kier alpha value is -3.99. The molecule has 10 nitrogen and oxygen atoms in total. The molecule has 182 valence electrons. The Morgan fingerprint density at radius 3 is 2.54 bits per heavy atom. The van der Waals surface area contributed by atoms with Gasteiger partial charge in [-0.2, -0.15) is 0 Å². The van der Waals surface area contributed by atoms with Crippen molar-refractivity contribution >= 4 is 34.7 Å². The second-order valence-electron chi connectivity index (χ2n) is 7.86. The summed E-state index contributed by atoms with van der Waals surface area (Å²) < 4.78 is 27.8. The van der Waals surface area contributed by atoms with Crippen molar-refractivity contribution in [2.24, 2.45) is 0 Å². The first-order valence-electron chi connectivity index (χ1n) is 10.7. The van der Waals surface area contributed by atoms with Gasteiger partial charge in [0, 0.05) is 12.3 Å². The third kappa shape index (κ3) is 3.87. The summed E-state index contributed by atoms with van der Waals surface area (Å²) in [5, 5.41) is 0. The molecule has 1 atom stereocenters. The molecular formula is C24H22N2O8S. The Balaban J connectivity index is 1.68. The maximum absolute atomic E-state index is 13.6. The smallest absolute Gasteiger partial charge is 0.325 e. The molecule has 35 heavy (non-hydrogen) atoms. The Morgan fingerprint density at radius 1 is 1.09 bits per heavy atom. The highest BCUT2D eigenvalue weighted by Crippen LogP contribution is 2.49. The van der Waals surface area contributed by atoms with Gasteiger partial charge in [0.25, 0.3) is 0 Å². The van der Waals surface area contributed by atoms with E-state index < -0.39 is 11.9 Å². The van der Waals surface area contributed by atoms with Crippen molar-refractivity contribution in [3.05, 3.63) is 56.5 Å². The summed E-state index contributed by atoms with van der Waals surface area (Å²) in [6, 6.07) is 10.5. The van der Waals surface area contributed by atoms with Crippen LogP contribution in [0, 0.1) is 0 Å². The molecule has 0 spiro atoms. The van der Waals surface area contributed by atoms with Crippen molar-refractivity contribution in [1.29, 1.82) is 0 Å². The van der Waals surface area contributed by atoms with Gasteiger partial charge in [0.05, 0.1) is 31.9 Å². The largest absolute Gasteiger partial charge is 0.497 e. The van der Waals surface area contributed by atoms with Crippen LogP contribution in [0.4, 0.5) is 11.5 Å². The van der Waals surface area contributed by atoms with Crippen molar-refractivity contribution in [2.75, 3.05) is 33.0 Å². The summed E-state index contributed by atoms with van der Waals surface area (Å²) in [5.74, 6) is 1.16. The maximum atomic E-state index is 13.6. The van der Waals surface area contributed by atoms with E-state index in [9.17, 15) is 14.4 Å². The Morgan fingerprint density at radius 2 is 1.86 bits per heavy atom. The zero-order chi connectivity index (χ0) is 24.7. The fourth-order valence-electron chi connectivity index (χ4n) is 4.30. The van der Waals surface area contributed by atoms with Crippen LogP contribution < -0.4 is 28.7 Å². The summed E-state index contributed by atoms with van der Waals surface area (Å²) in [6.07, 6.45) is 0.0972. The predicted molar refractivity (Wildman–Crippen MR) is 126 cm³/mol. The fourth-order valence-corrected chi connectivity index (χ4v) is 5.40. The van der Waals surface area contributed by atoms with Crippen LogP contribution in [-0.4, -0.2) is 44.6 Å². The zero-order valence-corrected chi connectivity index (χ0v) is 20.0. The Kier molecular flexibility index (Phi) is 5.85. The zero-order valence-electron chi connectivity index (χ0n) is 19.2. The molecule has 2 aromatic carbocycles. The molecule has 0 fully saturated rings. The number of aromatic nitrogens is 1. The monoisotopic (exact) mass is 498 g/mol. The topological polar surface area (TPSA) is 106 Å². The molecule has 3 aromatic rings. The van der Waals surface area contributed by atoms with Crippen LogP contribution in [0.5, 0.6) is 23.0 Å². The molecule has 0 unspecified atom stereocenters. The van der Waals surface area contributed by atoms with Gasteiger partial charge in [0.1, 0.15) is 18.1 Å². The summed E-state index contributed by atoms with van der Waals surface area (Å²) in [7, 11) is 4.33. The number of fused-ring (bicyclic) bond motifs is 2. The second kappa shape index (κ2) is 8.99. The molecule has 3 heterocycles. The Labute approximate surface area is 204 Å². The number of ether oxygens (including phenoxy) is 5. The predicted octanol–water partition coefficient (Wildman–Crippen LogP) is 3.03. The summed E-state index contributed by atoms with van der Waals surface area (Å²) >= 11 is 0.995. The van der Waals surface area contributed by atoms with Crippen LogP contribution in [0.15, 0.2) is 41.2 Å². The van der Waals surface area contributed by atoms with Crippen molar-refractivity contribution in [3.63, 3.8) is 0 Å². The van der Waals surface area contributed by atoms with Gasteiger partial charge in [-0.25, -0.2) is 0 Å². The van der Waals surface area contributed by atoms with Crippen LogP contribution in [0.1, 0.15) is 22.8 Å². The molecule has 1 aromatic heterocycles. The van der Waals surface area contributed by atoms with Crippen molar-refractivity contribution in [2.45, 2.75) is 18.9 Å². The number of amides is 1. The SMILES string of the molecule is COC(=O)Cn1c2c(sc1=O)[C@H](c1cc(OC)c3c(c1)OCO3)CC(=O)N2c1ccc(OC)cc1. The first-order chi connectivity index (χ1) is 16.9. The number of esters is 1. The molecule has 0 bridgehead atoms. The van der Waals surface area contributed by atoms with Gasteiger partial charge >= 0.3 is 10.8 Å². The highest BCUT2D eigenvalue weighted by atomic mass is 32.1. The van der Waals surface area contributed by atoms with E-state index in [1.165, 1.54) is 23.7 Å². The van der Waals surface area contributed by atoms with Gasteiger partial charge in [0.15, 0.2) is 11.5 Å². The van der Waals surface area contributed by atoms with Gasteiger partial charge < -0.3 is 23.7 Å². The minimum absolute atomic E-state index is 0.0675. The van der Waals surface area contributed by atoms with Crippen LogP contribution in [-0.2, 0) is 20.9 Å². The number of anilines is 2. The van der Waals surface area contributed by atoms with E-state index in [4.69, 9.17) is 23.7 Å². The average Bonchev–Trinajstić information content (AvgIpc) is 3.47. The number of carbonyl (C=O) groups is 2. The molecule has 0 aliphatic carbocycles. The van der Waals surface area contributed by atoms with Gasteiger partial charge in [-0.3, -0.25) is 23.9 Å². The molecule has 1 amide bonds. The number of methoxy groups -OCH3 is 3. The van der Waals surface area contributed by atoms with Crippen LogP contribution in [0.2, 0.25) is 0 Å². The number of nitrogens with zero attached hydrogens (tertiary/aromatic N) is 2. The standard InChI is InChI=1S/C24H22N2O8S/c1-30-15-6-4-14(5-7-15)26-19(27)10-16(13-8-17(31-2)21-18(9-13)33-12-34-21)22-23(26)25(24(29)35-22)11-20(28)32-3/h4-9,16H,10-12H2,1-3H3/t16-/m0/s1. The van der Waals surface area contributed by atoms with Crippen molar-refractivity contribution < 1.29 is 33.3 Å². The first-order valence-corrected chi connectivity index (χ1v) is 11.5. The molecule has 5 rings (SSSR count). The Bertz CT molecular complexity index is 1360. The minimum Gasteiger partial charge on any atom is -0.497 e. The van der Waals surface area contributed by atoms with Crippen LogP contribution in [0.3, 0.4) is 0 Å².